The van der Waals surface area contributed by atoms with E-state index in [1.54, 1.807) is 0 Å². The molecule has 0 saturated carbocycles. The normalized spacial score (nSPS) is 31.4. The van der Waals surface area contributed by atoms with Crippen molar-refractivity contribution in [3.8, 4) is 0 Å². The van der Waals surface area contributed by atoms with E-state index >= 15 is 0 Å². The summed E-state index contributed by atoms with van der Waals surface area (Å²) >= 11 is 9.40. The van der Waals surface area contributed by atoms with Gasteiger partial charge in [0.05, 0.1) is 22.5 Å². The number of carbonyl (C=O) groups is 3. The van der Waals surface area contributed by atoms with Gasteiger partial charge < -0.3 is 5.32 Å². The summed E-state index contributed by atoms with van der Waals surface area (Å²) in [7, 11) is 0. The Balaban J connectivity index is 1.56. The first-order valence-electron chi connectivity index (χ1n) is 10.1. The number of carbonyl (C=O) groups excluding carboxylic acids is 3. The summed E-state index contributed by atoms with van der Waals surface area (Å²) in [5, 5.41) is 2.77. The number of anilines is 2. The monoisotopic (exact) mass is 503 g/mol. The van der Waals surface area contributed by atoms with Gasteiger partial charge in [0.25, 0.3) is 0 Å². The fourth-order valence-corrected chi connectivity index (χ4v) is 6.59. The van der Waals surface area contributed by atoms with Gasteiger partial charge in [0.15, 0.2) is 0 Å². The van der Waals surface area contributed by atoms with E-state index in [0.29, 0.717) is 17.8 Å². The minimum Gasteiger partial charge on any atom is -0.324 e. The van der Waals surface area contributed by atoms with Crippen LogP contribution in [0.3, 0.4) is 0 Å². The van der Waals surface area contributed by atoms with Crippen LogP contribution >= 0.6 is 27.5 Å². The van der Waals surface area contributed by atoms with E-state index in [1.807, 2.05) is 18.2 Å². The molecule has 2 aromatic carbocycles. The summed E-state index contributed by atoms with van der Waals surface area (Å²) in [5.41, 5.74) is 0.355. The van der Waals surface area contributed by atoms with Gasteiger partial charge in [-0.2, -0.15) is 0 Å². The Bertz CT molecular complexity index is 1210. The van der Waals surface area contributed by atoms with Gasteiger partial charge in [-0.25, -0.2) is 9.29 Å². The van der Waals surface area contributed by atoms with Crippen molar-refractivity contribution >= 4 is 56.6 Å². The lowest BCUT2D eigenvalue weighted by molar-refractivity contribution is -0.135. The summed E-state index contributed by atoms with van der Waals surface area (Å²) in [4.78, 5) is 44.0. The molecular formula is C22H16BrClFN3O3. The van der Waals surface area contributed by atoms with Crippen LogP contribution in [-0.2, 0) is 19.9 Å². The second kappa shape index (κ2) is 6.37. The first-order valence-corrected chi connectivity index (χ1v) is 11.2. The molecule has 6 nitrogen and oxygen atoms in total. The van der Waals surface area contributed by atoms with Crippen molar-refractivity contribution in [3.05, 3.63) is 57.3 Å². The van der Waals surface area contributed by atoms with E-state index in [2.05, 4.69) is 26.1 Å². The van der Waals surface area contributed by atoms with Crippen LogP contribution < -0.4 is 10.2 Å². The van der Waals surface area contributed by atoms with Gasteiger partial charge in [0.1, 0.15) is 11.4 Å². The smallest absolute Gasteiger partial charge is 0.250 e. The van der Waals surface area contributed by atoms with Crippen molar-refractivity contribution in [2.45, 2.75) is 24.4 Å². The van der Waals surface area contributed by atoms with Crippen molar-refractivity contribution in [1.29, 1.82) is 0 Å². The minimum absolute atomic E-state index is 0.166. The summed E-state index contributed by atoms with van der Waals surface area (Å²) in [6.07, 6.45) is 1.58. The highest BCUT2D eigenvalue weighted by molar-refractivity contribution is 9.10. The van der Waals surface area contributed by atoms with Crippen LogP contribution in [0.2, 0.25) is 5.02 Å². The third kappa shape index (κ3) is 2.28. The standard InChI is InChI=1S/C22H16BrClFN3O3/c23-10-3-6-15-12(8-10)22(21(31)26-15)18-17(16-2-1-7-27(16)22)19(29)28(20(18)30)11-4-5-14(25)13(24)9-11/h3-6,8-9,16-18H,1-2,7H2,(H,26,31)/t16-,17+,18+,22+/m0/s1. The molecule has 1 N–H and O–H groups in total. The molecule has 0 aromatic heterocycles. The maximum absolute atomic E-state index is 13.8. The van der Waals surface area contributed by atoms with E-state index in [-0.39, 0.29) is 28.6 Å². The SMILES string of the molecule is O=C1[C@@H]2[C@@H]3CCCN3[C@@]3(C(=O)Nc4ccc(Br)cc43)[C@H]2C(=O)N1c1ccc(F)c(Cl)c1. The van der Waals surface area contributed by atoms with Crippen LogP contribution in [-0.4, -0.2) is 35.2 Å². The van der Waals surface area contributed by atoms with Gasteiger partial charge in [-0.1, -0.05) is 27.5 Å². The van der Waals surface area contributed by atoms with Gasteiger partial charge in [0.2, 0.25) is 17.7 Å². The van der Waals surface area contributed by atoms with Crippen LogP contribution in [0.4, 0.5) is 15.8 Å². The van der Waals surface area contributed by atoms with Crippen LogP contribution in [0.5, 0.6) is 0 Å². The minimum atomic E-state index is -1.24. The molecule has 0 radical (unpaired) electrons. The number of halogens is 3. The van der Waals surface area contributed by atoms with Gasteiger partial charge in [-0.3, -0.25) is 19.3 Å². The molecule has 3 saturated heterocycles. The summed E-state index contributed by atoms with van der Waals surface area (Å²) in [6, 6.07) is 9.09. The molecule has 4 atom stereocenters. The Morgan fingerprint density at radius 1 is 1.13 bits per heavy atom. The Labute approximate surface area is 190 Å². The van der Waals surface area contributed by atoms with Crippen LogP contribution in [0.25, 0.3) is 0 Å². The van der Waals surface area contributed by atoms with Crippen LogP contribution in [0.1, 0.15) is 18.4 Å². The maximum atomic E-state index is 13.8. The van der Waals surface area contributed by atoms with Crippen molar-refractivity contribution in [2.75, 3.05) is 16.8 Å². The molecule has 0 unspecified atom stereocenters. The lowest BCUT2D eigenvalue weighted by Crippen LogP contribution is -2.54. The highest BCUT2D eigenvalue weighted by atomic mass is 79.9. The van der Waals surface area contributed by atoms with E-state index < -0.39 is 29.1 Å². The molecule has 3 fully saturated rings. The molecule has 4 aliphatic heterocycles. The number of hydrogen-bond acceptors (Lipinski definition) is 4. The molecule has 0 aliphatic carbocycles. The quantitative estimate of drug-likeness (QED) is 0.602. The fourth-order valence-electron chi connectivity index (χ4n) is 6.05. The largest absolute Gasteiger partial charge is 0.324 e. The molecule has 4 heterocycles. The lowest BCUT2D eigenvalue weighted by Gasteiger charge is -2.36. The van der Waals surface area contributed by atoms with Crippen molar-refractivity contribution in [3.63, 3.8) is 0 Å². The molecule has 9 heteroatoms. The third-order valence-corrected chi connectivity index (χ3v) is 7.90. The second-order valence-electron chi connectivity index (χ2n) is 8.43. The van der Waals surface area contributed by atoms with Crippen molar-refractivity contribution < 1.29 is 18.8 Å². The first-order chi connectivity index (χ1) is 14.9. The average molecular weight is 505 g/mol. The molecule has 3 amide bonds. The Kier molecular flexibility index (Phi) is 3.99. The number of hydrogen-bond donors (Lipinski definition) is 1. The zero-order valence-electron chi connectivity index (χ0n) is 16.1. The number of nitrogens with one attached hydrogen (secondary N) is 1. The molecule has 158 valence electrons. The molecule has 0 bridgehead atoms. The van der Waals surface area contributed by atoms with E-state index in [0.717, 1.165) is 28.3 Å². The highest BCUT2D eigenvalue weighted by Crippen LogP contribution is 2.60. The topological polar surface area (TPSA) is 69.7 Å². The van der Waals surface area contributed by atoms with Gasteiger partial charge >= 0.3 is 0 Å². The Hall–Kier alpha value is -2.29. The van der Waals surface area contributed by atoms with E-state index in [1.165, 1.54) is 12.1 Å². The third-order valence-electron chi connectivity index (χ3n) is 7.12. The Morgan fingerprint density at radius 3 is 2.71 bits per heavy atom. The summed E-state index contributed by atoms with van der Waals surface area (Å²) in [6.45, 7) is 0.639. The average Bonchev–Trinajstić information content (AvgIpc) is 3.43. The van der Waals surface area contributed by atoms with Gasteiger partial charge in [-0.15, -0.1) is 0 Å². The first kappa shape index (κ1) is 19.4. The molecule has 1 spiro atoms. The highest BCUT2D eigenvalue weighted by Gasteiger charge is 2.74. The second-order valence-corrected chi connectivity index (χ2v) is 9.75. The number of benzene rings is 2. The number of amides is 3. The molecule has 31 heavy (non-hydrogen) atoms. The predicted octanol–water partition coefficient (Wildman–Crippen LogP) is 3.67. The van der Waals surface area contributed by atoms with Gasteiger partial charge in [0, 0.05) is 21.8 Å². The summed E-state index contributed by atoms with van der Waals surface area (Å²) in [5.74, 6) is -3.21. The fraction of sp³-hybridized carbons (Fsp3) is 0.318. The molecular weight excluding hydrogens is 489 g/mol. The number of imide groups is 1. The Morgan fingerprint density at radius 2 is 1.94 bits per heavy atom. The molecule has 4 aliphatic rings. The van der Waals surface area contributed by atoms with Crippen LogP contribution in [0, 0.1) is 17.7 Å². The number of nitrogens with zero attached hydrogens (tertiary/aromatic N) is 2. The van der Waals surface area contributed by atoms with Crippen molar-refractivity contribution in [2.24, 2.45) is 11.8 Å². The maximum Gasteiger partial charge on any atom is 0.250 e. The lowest BCUT2D eigenvalue weighted by atomic mass is 9.75. The predicted molar refractivity (Wildman–Crippen MR) is 115 cm³/mol. The summed E-state index contributed by atoms with van der Waals surface area (Å²) < 4.78 is 14.5. The van der Waals surface area contributed by atoms with Crippen molar-refractivity contribution in [1.82, 2.24) is 4.90 Å². The number of rotatable bonds is 1. The van der Waals surface area contributed by atoms with E-state index in [4.69, 9.17) is 11.6 Å². The molecule has 6 rings (SSSR count). The van der Waals surface area contributed by atoms with Crippen LogP contribution in [0.15, 0.2) is 40.9 Å². The van der Waals surface area contributed by atoms with Gasteiger partial charge in [-0.05, 0) is 55.8 Å². The van der Waals surface area contributed by atoms with E-state index in [9.17, 15) is 18.8 Å². The zero-order chi connectivity index (χ0) is 21.7. The number of fused-ring (bicyclic) bond motifs is 7. The molecule has 2 aromatic rings. The zero-order valence-corrected chi connectivity index (χ0v) is 18.4.